The highest BCUT2D eigenvalue weighted by molar-refractivity contribution is 7.90. The van der Waals surface area contributed by atoms with Crippen LogP contribution >= 0.6 is 0 Å². The van der Waals surface area contributed by atoms with E-state index in [-0.39, 0.29) is 19.1 Å². The third-order valence-corrected chi connectivity index (χ3v) is 6.97. The molecule has 0 radical (unpaired) electrons. The molecule has 0 spiro atoms. The number of halogens is 2. The topological polar surface area (TPSA) is 79.4 Å². The van der Waals surface area contributed by atoms with Gasteiger partial charge in [-0.15, -0.1) is 0 Å². The van der Waals surface area contributed by atoms with Gasteiger partial charge in [0.05, 0.1) is 5.25 Å². The van der Waals surface area contributed by atoms with E-state index in [4.69, 9.17) is 0 Å². The number of carbonyl (C=O) groups is 1. The standard InChI is InChI=1S/C17H23F2N3O3S/c18-17(19,15-9-3-4-10-20-15)16(23)22-11-5-8-14(12-22)26(24,25)21-13-6-1-2-7-13/h3-4,9-10,13-14,21H,1-2,5-8,11-12H2/t14-/m0/s1. The smallest absolute Gasteiger partial charge is 0.336 e. The van der Waals surface area contributed by atoms with Crippen LogP contribution in [-0.2, 0) is 20.7 Å². The summed E-state index contributed by atoms with van der Waals surface area (Å²) in [6.45, 7) is -0.0972. The van der Waals surface area contributed by atoms with Crippen LogP contribution in [0.25, 0.3) is 0 Å². The molecular weight excluding hydrogens is 364 g/mol. The molecule has 0 unspecified atom stereocenters. The van der Waals surface area contributed by atoms with Gasteiger partial charge >= 0.3 is 5.92 Å². The van der Waals surface area contributed by atoms with Gasteiger partial charge in [0.25, 0.3) is 5.91 Å². The molecular formula is C17H23F2N3O3S. The summed E-state index contributed by atoms with van der Waals surface area (Å²) in [5, 5.41) is -0.861. The Kier molecular flexibility index (Phi) is 5.57. The van der Waals surface area contributed by atoms with Crippen LogP contribution in [0.2, 0.25) is 0 Å². The second kappa shape index (κ2) is 7.56. The monoisotopic (exact) mass is 387 g/mol. The average molecular weight is 387 g/mol. The summed E-state index contributed by atoms with van der Waals surface area (Å²) in [6.07, 6.45) is 5.50. The van der Waals surface area contributed by atoms with Gasteiger partial charge in [0.15, 0.2) is 0 Å². The Bertz CT molecular complexity index is 737. The van der Waals surface area contributed by atoms with Gasteiger partial charge in [0, 0.05) is 25.3 Å². The molecule has 1 N–H and O–H groups in total. The summed E-state index contributed by atoms with van der Waals surface area (Å²) in [6, 6.07) is 3.89. The number of nitrogens with zero attached hydrogens (tertiary/aromatic N) is 2. The number of sulfonamides is 1. The number of hydrogen-bond acceptors (Lipinski definition) is 4. The lowest BCUT2D eigenvalue weighted by Gasteiger charge is -2.34. The van der Waals surface area contributed by atoms with Crippen molar-refractivity contribution in [3.63, 3.8) is 0 Å². The molecule has 144 valence electrons. The zero-order valence-electron chi connectivity index (χ0n) is 14.4. The fourth-order valence-corrected chi connectivity index (χ4v) is 5.35. The van der Waals surface area contributed by atoms with E-state index in [1.165, 1.54) is 18.3 Å². The van der Waals surface area contributed by atoms with E-state index in [2.05, 4.69) is 9.71 Å². The molecule has 2 aliphatic rings. The minimum atomic E-state index is -3.77. The molecule has 26 heavy (non-hydrogen) atoms. The Balaban J connectivity index is 1.70. The highest BCUT2D eigenvalue weighted by Gasteiger charge is 2.47. The van der Waals surface area contributed by atoms with Gasteiger partial charge in [-0.3, -0.25) is 9.78 Å². The molecule has 1 saturated heterocycles. The van der Waals surface area contributed by atoms with Crippen molar-refractivity contribution in [2.75, 3.05) is 13.1 Å². The molecule has 1 aliphatic carbocycles. The van der Waals surface area contributed by atoms with Gasteiger partial charge in [-0.1, -0.05) is 18.9 Å². The number of carbonyl (C=O) groups excluding carboxylic acids is 1. The molecule has 2 heterocycles. The first-order valence-electron chi connectivity index (χ1n) is 8.90. The number of nitrogens with one attached hydrogen (secondary N) is 1. The van der Waals surface area contributed by atoms with E-state index in [9.17, 15) is 22.0 Å². The van der Waals surface area contributed by atoms with Crippen LogP contribution < -0.4 is 4.72 Å². The van der Waals surface area contributed by atoms with E-state index in [1.807, 2.05) is 0 Å². The van der Waals surface area contributed by atoms with E-state index in [0.717, 1.165) is 36.6 Å². The minimum Gasteiger partial charge on any atom is -0.336 e. The Morgan fingerprint density at radius 1 is 1.19 bits per heavy atom. The minimum absolute atomic E-state index is 0.0824. The van der Waals surface area contributed by atoms with E-state index < -0.39 is 32.8 Å². The van der Waals surface area contributed by atoms with E-state index in [1.54, 1.807) is 0 Å². The highest BCUT2D eigenvalue weighted by atomic mass is 32.2. The lowest BCUT2D eigenvalue weighted by atomic mass is 10.1. The molecule has 1 aromatic heterocycles. The average Bonchev–Trinajstić information content (AvgIpc) is 3.14. The number of amides is 1. The van der Waals surface area contributed by atoms with Gasteiger partial charge in [0.1, 0.15) is 5.69 Å². The molecule has 2 fully saturated rings. The number of aromatic nitrogens is 1. The van der Waals surface area contributed by atoms with Gasteiger partial charge in [-0.25, -0.2) is 13.1 Å². The first-order chi connectivity index (χ1) is 12.3. The summed E-state index contributed by atoms with van der Waals surface area (Å²) >= 11 is 0. The number of alkyl halides is 2. The van der Waals surface area contributed by atoms with Crippen LogP contribution in [0.3, 0.4) is 0 Å². The Hall–Kier alpha value is -1.61. The molecule has 0 aromatic carbocycles. The van der Waals surface area contributed by atoms with Crippen molar-refractivity contribution in [3.8, 4) is 0 Å². The van der Waals surface area contributed by atoms with Crippen molar-refractivity contribution in [1.82, 2.24) is 14.6 Å². The molecule has 1 amide bonds. The second-order valence-electron chi connectivity index (χ2n) is 6.95. The fraction of sp³-hybridized carbons (Fsp3) is 0.647. The van der Waals surface area contributed by atoms with E-state index in [0.29, 0.717) is 12.8 Å². The van der Waals surface area contributed by atoms with E-state index >= 15 is 0 Å². The van der Waals surface area contributed by atoms with Gasteiger partial charge in [0.2, 0.25) is 10.0 Å². The highest BCUT2D eigenvalue weighted by Crippen LogP contribution is 2.31. The quantitative estimate of drug-likeness (QED) is 0.838. The molecule has 9 heteroatoms. The predicted octanol–water partition coefficient (Wildman–Crippen LogP) is 2.03. The number of pyridine rings is 1. The van der Waals surface area contributed by atoms with Crippen LogP contribution in [0.5, 0.6) is 0 Å². The van der Waals surface area contributed by atoms with Crippen molar-refractivity contribution in [2.24, 2.45) is 0 Å². The molecule has 0 bridgehead atoms. The van der Waals surface area contributed by atoms with Crippen LogP contribution in [-0.4, -0.2) is 48.6 Å². The Morgan fingerprint density at radius 3 is 2.58 bits per heavy atom. The number of hydrogen-bond donors (Lipinski definition) is 1. The molecule has 3 rings (SSSR count). The van der Waals surface area contributed by atoms with Crippen LogP contribution in [0.1, 0.15) is 44.2 Å². The number of likely N-dealkylation sites (tertiary alicyclic amines) is 1. The van der Waals surface area contributed by atoms with Crippen molar-refractivity contribution in [3.05, 3.63) is 30.1 Å². The van der Waals surface area contributed by atoms with Crippen LogP contribution in [0.15, 0.2) is 24.4 Å². The summed E-state index contributed by atoms with van der Waals surface area (Å²) in [7, 11) is -3.65. The first-order valence-corrected chi connectivity index (χ1v) is 10.4. The largest absolute Gasteiger partial charge is 0.366 e. The lowest BCUT2D eigenvalue weighted by molar-refractivity contribution is -0.160. The molecule has 1 aliphatic heterocycles. The fourth-order valence-electron chi connectivity index (χ4n) is 3.60. The summed E-state index contributed by atoms with van der Waals surface area (Å²) in [5.74, 6) is -5.16. The third-order valence-electron chi connectivity index (χ3n) is 5.05. The molecule has 1 saturated carbocycles. The maximum absolute atomic E-state index is 14.5. The van der Waals surface area contributed by atoms with Crippen LogP contribution in [0, 0.1) is 0 Å². The van der Waals surface area contributed by atoms with Gasteiger partial charge in [-0.2, -0.15) is 8.78 Å². The first kappa shape index (κ1) is 19.2. The van der Waals surface area contributed by atoms with Gasteiger partial charge in [-0.05, 0) is 37.8 Å². The van der Waals surface area contributed by atoms with Crippen molar-refractivity contribution in [2.45, 2.75) is 55.7 Å². The number of rotatable bonds is 5. The molecule has 1 atom stereocenters. The third kappa shape index (κ3) is 4.03. The zero-order valence-corrected chi connectivity index (χ0v) is 15.2. The van der Waals surface area contributed by atoms with Crippen molar-refractivity contribution < 1.29 is 22.0 Å². The maximum Gasteiger partial charge on any atom is 0.366 e. The lowest BCUT2D eigenvalue weighted by Crippen LogP contribution is -2.52. The normalized spacial score (nSPS) is 22.5. The summed E-state index contributed by atoms with van der Waals surface area (Å²) in [5.41, 5.74) is -0.626. The second-order valence-corrected chi connectivity index (χ2v) is 8.94. The molecule has 6 nitrogen and oxygen atoms in total. The Morgan fingerprint density at radius 2 is 1.92 bits per heavy atom. The van der Waals surface area contributed by atoms with Crippen molar-refractivity contribution >= 4 is 15.9 Å². The Labute approximate surface area is 152 Å². The maximum atomic E-state index is 14.5. The SMILES string of the molecule is O=C(N1CCC[C@H](S(=O)(=O)NC2CCCC2)C1)C(F)(F)c1ccccn1. The number of piperidine rings is 1. The summed E-state index contributed by atoms with van der Waals surface area (Å²) < 4.78 is 56.8. The molecule has 1 aromatic rings. The predicted molar refractivity (Wildman–Crippen MR) is 92.0 cm³/mol. The van der Waals surface area contributed by atoms with Crippen LogP contribution in [0.4, 0.5) is 8.78 Å². The zero-order chi connectivity index (χ0) is 18.8. The summed E-state index contributed by atoms with van der Waals surface area (Å²) in [4.78, 5) is 16.9. The van der Waals surface area contributed by atoms with Gasteiger partial charge < -0.3 is 4.90 Å². The van der Waals surface area contributed by atoms with Crippen molar-refractivity contribution in [1.29, 1.82) is 0 Å².